The van der Waals surface area contributed by atoms with E-state index in [2.05, 4.69) is 5.16 Å². The smallest absolute Gasteiger partial charge is 0.236 e. The van der Waals surface area contributed by atoms with Crippen molar-refractivity contribution in [1.29, 1.82) is 0 Å². The molecule has 0 spiro atoms. The summed E-state index contributed by atoms with van der Waals surface area (Å²) in [6.07, 6.45) is 9.35. The Balaban J connectivity index is 2.18. The Bertz CT molecular complexity index is 383. The van der Waals surface area contributed by atoms with Gasteiger partial charge in [-0.2, -0.15) is 0 Å². The molecular weight excluding hydrogens is 266 g/mol. The molecule has 21 heavy (non-hydrogen) atoms. The van der Waals surface area contributed by atoms with Crippen molar-refractivity contribution in [3.05, 3.63) is 0 Å². The molecule has 0 saturated heterocycles. The number of rotatable bonds is 5. The summed E-state index contributed by atoms with van der Waals surface area (Å²) in [4.78, 5) is 15.1. The third-order valence-corrected chi connectivity index (χ3v) is 5.34. The van der Waals surface area contributed by atoms with E-state index in [1.807, 2.05) is 11.8 Å². The molecule has 5 heteroatoms. The maximum Gasteiger partial charge on any atom is 0.236 e. The van der Waals surface area contributed by atoms with Gasteiger partial charge in [0.05, 0.1) is 0 Å². The molecule has 0 heterocycles. The van der Waals surface area contributed by atoms with Crippen LogP contribution in [-0.2, 0) is 4.79 Å². The molecule has 2 rings (SSSR count). The summed E-state index contributed by atoms with van der Waals surface area (Å²) in [7, 11) is 0. The Morgan fingerprint density at radius 1 is 1.24 bits per heavy atom. The Morgan fingerprint density at radius 3 is 2.29 bits per heavy atom. The van der Waals surface area contributed by atoms with Crippen molar-refractivity contribution >= 4 is 11.7 Å². The van der Waals surface area contributed by atoms with Crippen LogP contribution in [0.3, 0.4) is 0 Å². The van der Waals surface area contributed by atoms with E-state index in [1.54, 1.807) is 0 Å². The average Bonchev–Trinajstić information content (AvgIpc) is 2.71. The zero-order chi connectivity index (χ0) is 15.3. The highest BCUT2D eigenvalue weighted by atomic mass is 16.4. The van der Waals surface area contributed by atoms with Gasteiger partial charge in [-0.1, -0.05) is 37.3 Å². The van der Waals surface area contributed by atoms with Crippen molar-refractivity contribution in [3.63, 3.8) is 0 Å². The second kappa shape index (κ2) is 7.14. The molecule has 0 aliphatic heterocycles. The molecule has 2 aliphatic carbocycles. The van der Waals surface area contributed by atoms with Gasteiger partial charge >= 0.3 is 0 Å². The topological polar surface area (TPSA) is 78.9 Å². The van der Waals surface area contributed by atoms with Crippen molar-refractivity contribution in [3.8, 4) is 0 Å². The number of nitrogens with zero attached hydrogens (tertiary/aromatic N) is 2. The molecule has 2 aliphatic rings. The zero-order valence-electron chi connectivity index (χ0n) is 13.2. The number of oxime groups is 1. The fourth-order valence-corrected chi connectivity index (χ4v) is 3.65. The fraction of sp³-hybridized carbons (Fsp3) is 0.875. The highest BCUT2D eigenvalue weighted by Gasteiger charge is 2.45. The predicted octanol–water partition coefficient (Wildman–Crippen LogP) is 2.72. The molecule has 5 nitrogen and oxygen atoms in total. The zero-order valence-corrected chi connectivity index (χ0v) is 13.2. The molecule has 0 aromatic heterocycles. The number of carbonyl (C=O) groups is 1. The van der Waals surface area contributed by atoms with Gasteiger partial charge in [0, 0.05) is 13.1 Å². The van der Waals surface area contributed by atoms with Gasteiger partial charge in [0.15, 0.2) is 5.84 Å². The molecule has 0 unspecified atom stereocenters. The first-order valence-electron chi connectivity index (χ1n) is 8.41. The fourth-order valence-electron chi connectivity index (χ4n) is 3.65. The summed E-state index contributed by atoms with van der Waals surface area (Å²) in [6, 6.07) is 0. The van der Waals surface area contributed by atoms with Gasteiger partial charge in [-0.05, 0) is 38.5 Å². The number of nitrogens with two attached hydrogens (primary N) is 1. The minimum atomic E-state index is -0.773. The Labute approximate surface area is 127 Å². The summed E-state index contributed by atoms with van der Waals surface area (Å²) >= 11 is 0. The largest absolute Gasteiger partial charge is 0.409 e. The van der Waals surface area contributed by atoms with Crippen molar-refractivity contribution in [2.75, 3.05) is 13.1 Å². The Hall–Kier alpha value is -1.26. The lowest BCUT2D eigenvalue weighted by Crippen LogP contribution is -2.52. The van der Waals surface area contributed by atoms with Gasteiger partial charge in [0.2, 0.25) is 5.91 Å². The van der Waals surface area contributed by atoms with Crippen LogP contribution in [0.4, 0.5) is 0 Å². The number of hydrogen-bond donors (Lipinski definition) is 2. The molecule has 120 valence electrons. The summed E-state index contributed by atoms with van der Waals surface area (Å²) in [5.41, 5.74) is 5.20. The van der Waals surface area contributed by atoms with Crippen LogP contribution >= 0.6 is 0 Å². The first kappa shape index (κ1) is 16.1. The molecule has 0 bridgehead atoms. The maximum atomic E-state index is 13.1. The number of amides is 1. The average molecular weight is 295 g/mol. The number of carbonyl (C=O) groups excluding carboxylic acids is 1. The molecule has 0 aromatic rings. The predicted molar refractivity (Wildman–Crippen MR) is 83.1 cm³/mol. The van der Waals surface area contributed by atoms with Gasteiger partial charge in [-0.25, -0.2) is 0 Å². The third kappa shape index (κ3) is 3.33. The Kier molecular flexibility index (Phi) is 5.48. The van der Waals surface area contributed by atoms with Crippen LogP contribution in [0.25, 0.3) is 0 Å². The molecule has 0 atom stereocenters. The quantitative estimate of drug-likeness (QED) is 0.269. The van der Waals surface area contributed by atoms with Crippen LogP contribution in [0.5, 0.6) is 0 Å². The molecular formula is C16H29N3O2. The molecule has 0 aromatic carbocycles. The highest BCUT2D eigenvalue weighted by Crippen LogP contribution is 2.38. The van der Waals surface area contributed by atoms with Gasteiger partial charge < -0.3 is 15.8 Å². The van der Waals surface area contributed by atoms with Crippen molar-refractivity contribution in [1.82, 2.24) is 4.90 Å². The van der Waals surface area contributed by atoms with Gasteiger partial charge in [0.25, 0.3) is 0 Å². The maximum absolute atomic E-state index is 13.1. The third-order valence-electron chi connectivity index (χ3n) is 5.34. The molecule has 2 saturated carbocycles. The molecule has 3 N–H and O–H groups in total. The van der Waals surface area contributed by atoms with Crippen LogP contribution in [0.15, 0.2) is 5.16 Å². The van der Waals surface area contributed by atoms with Crippen LogP contribution < -0.4 is 5.73 Å². The molecule has 1 amide bonds. The minimum absolute atomic E-state index is 0.0779. The lowest BCUT2D eigenvalue weighted by Gasteiger charge is -2.38. The van der Waals surface area contributed by atoms with Crippen molar-refractivity contribution in [2.45, 2.75) is 64.7 Å². The van der Waals surface area contributed by atoms with Crippen LogP contribution in [0.1, 0.15) is 64.7 Å². The SMILES string of the molecule is CCN(CC1CCC1)C(=O)C1(C(N)=NO)CCCCCC1. The summed E-state index contributed by atoms with van der Waals surface area (Å²) in [5, 5.41) is 12.4. The summed E-state index contributed by atoms with van der Waals surface area (Å²) < 4.78 is 0. The van der Waals surface area contributed by atoms with E-state index >= 15 is 0 Å². The van der Waals surface area contributed by atoms with Gasteiger partial charge in [-0.3, -0.25) is 4.79 Å². The van der Waals surface area contributed by atoms with Crippen LogP contribution in [0.2, 0.25) is 0 Å². The number of hydrogen-bond acceptors (Lipinski definition) is 3. The molecule has 0 radical (unpaired) electrons. The van der Waals surface area contributed by atoms with E-state index in [4.69, 9.17) is 5.73 Å². The normalized spacial score (nSPS) is 23.2. The van der Waals surface area contributed by atoms with E-state index in [1.165, 1.54) is 19.3 Å². The standard InChI is InChI=1S/C16H29N3O2/c1-2-19(12-13-8-7-9-13)15(20)16(14(17)18-21)10-5-3-4-6-11-16/h13,21H,2-12H2,1H3,(H2,17,18). The van der Waals surface area contributed by atoms with E-state index in [0.717, 1.165) is 32.2 Å². The van der Waals surface area contributed by atoms with Crippen molar-refractivity contribution in [2.24, 2.45) is 22.2 Å². The minimum Gasteiger partial charge on any atom is -0.409 e. The lowest BCUT2D eigenvalue weighted by atomic mass is 9.77. The lowest BCUT2D eigenvalue weighted by molar-refractivity contribution is -0.140. The highest BCUT2D eigenvalue weighted by molar-refractivity contribution is 6.06. The second-order valence-corrected chi connectivity index (χ2v) is 6.62. The van der Waals surface area contributed by atoms with Gasteiger partial charge in [0.1, 0.15) is 5.41 Å². The number of amidine groups is 1. The molecule has 2 fully saturated rings. The van der Waals surface area contributed by atoms with E-state index in [0.29, 0.717) is 25.3 Å². The van der Waals surface area contributed by atoms with E-state index < -0.39 is 5.41 Å². The van der Waals surface area contributed by atoms with Crippen LogP contribution in [0, 0.1) is 11.3 Å². The monoisotopic (exact) mass is 295 g/mol. The van der Waals surface area contributed by atoms with Crippen molar-refractivity contribution < 1.29 is 10.0 Å². The Morgan fingerprint density at radius 2 is 1.86 bits per heavy atom. The summed E-state index contributed by atoms with van der Waals surface area (Å²) in [6.45, 7) is 3.55. The van der Waals surface area contributed by atoms with E-state index in [-0.39, 0.29) is 11.7 Å². The van der Waals surface area contributed by atoms with Gasteiger partial charge in [-0.15, -0.1) is 0 Å². The second-order valence-electron chi connectivity index (χ2n) is 6.62. The van der Waals surface area contributed by atoms with Crippen LogP contribution in [-0.4, -0.2) is 34.9 Å². The first-order chi connectivity index (χ1) is 10.1. The first-order valence-corrected chi connectivity index (χ1v) is 8.41. The summed E-state index contributed by atoms with van der Waals surface area (Å²) in [5.74, 6) is 0.833. The van der Waals surface area contributed by atoms with E-state index in [9.17, 15) is 10.0 Å².